The Morgan fingerprint density at radius 3 is 2.41 bits per heavy atom. The normalized spacial score (nSPS) is 14.8. The molecule has 0 saturated heterocycles. The predicted molar refractivity (Wildman–Crippen MR) is 64.1 cm³/mol. The predicted octanol–water partition coefficient (Wildman–Crippen LogP) is -1.00. The Balaban J connectivity index is 3.23. The fourth-order valence-corrected chi connectivity index (χ4v) is 1.23. The fourth-order valence-electron chi connectivity index (χ4n) is 1.23. The standard InChI is InChI=1S/C11H25NO5/c1-15-5-6-17-9-11(14)7-12-4-3-10(13)8-16-2/h10-14H,3-9H2,1-2H3. The van der Waals surface area contributed by atoms with E-state index in [1.54, 1.807) is 14.2 Å². The highest BCUT2D eigenvalue weighted by Crippen LogP contribution is 1.90. The Hall–Kier alpha value is -0.240. The molecule has 0 aromatic heterocycles. The maximum atomic E-state index is 9.50. The Morgan fingerprint density at radius 2 is 1.76 bits per heavy atom. The molecule has 0 aliphatic carbocycles. The SMILES string of the molecule is COCCOCC(O)CNCCC(O)COC. The summed E-state index contributed by atoms with van der Waals surface area (Å²) in [6.45, 7) is 2.73. The molecule has 2 unspecified atom stereocenters. The number of nitrogens with one attached hydrogen (secondary N) is 1. The van der Waals surface area contributed by atoms with Crippen molar-refractivity contribution in [3.05, 3.63) is 0 Å². The summed E-state index contributed by atoms with van der Waals surface area (Å²) in [4.78, 5) is 0. The molecule has 2 atom stereocenters. The number of ether oxygens (including phenoxy) is 3. The van der Waals surface area contributed by atoms with Gasteiger partial charge in [-0.05, 0) is 13.0 Å². The van der Waals surface area contributed by atoms with Crippen molar-refractivity contribution in [2.75, 3.05) is 53.7 Å². The molecule has 0 saturated carbocycles. The summed E-state index contributed by atoms with van der Waals surface area (Å²) >= 11 is 0. The highest BCUT2D eigenvalue weighted by molar-refractivity contribution is 4.61. The summed E-state index contributed by atoms with van der Waals surface area (Å²) in [6, 6.07) is 0. The van der Waals surface area contributed by atoms with Crippen LogP contribution in [0.4, 0.5) is 0 Å². The molecule has 0 fully saturated rings. The molecule has 0 rings (SSSR count). The van der Waals surface area contributed by atoms with Crippen LogP contribution in [0, 0.1) is 0 Å². The van der Waals surface area contributed by atoms with E-state index < -0.39 is 12.2 Å². The van der Waals surface area contributed by atoms with Crippen LogP contribution >= 0.6 is 0 Å². The number of aliphatic hydroxyl groups excluding tert-OH is 2. The minimum atomic E-state index is -0.536. The monoisotopic (exact) mass is 251 g/mol. The second kappa shape index (κ2) is 12.2. The highest BCUT2D eigenvalue weighted by Gasteiger charge is 2.05. The lowest BCUT2D eigenvalue weighted by atomic mass is 10.2. The van der Waals surface area contributed by atoms with Gasteiger partial charge in [-0.1, -0.05) is 0 Å². The van der Waals surface area contributed by atoms with Gasteiger partial charge >= 0.3 is 0 Å². The minimum absolute atomic E-state index is 0.289. The zero-order valence-electron chi connectivity index (χ0n) is 10.7. The summed E-state index contributed by atoms with van der Waals surface area (Å²) in [5, 5.41) is 21.9. The quantitative estimate of drug-likeness (QED) is 0.386. The van der Waals surface area contributed by atoms with Crippen molar-refractivity contribution in [1.29, 1.82) is 0 Å². The van der Waals surface area contributed by atoms with E-state index in [4.69, 9.17) is 14.2 Å². The van der Waals surface area contributed by atoms with Crippen LogP contribution in [0.25, 0.3) is 0 Å². The van der Waals surface area contributed by atoms with E-state index in [0.717, 1.165) is 0 Å². The van der Waals surface area contributed by atoms with Crippen LogP contribution in [0.5, 0.6) is 0 Å². The largest absolute Gasteiger partial charge is 0.391 e. The average Bonchev–Trinajstić information content (AvgIpc) is 2.31. The Bertz CT molecular complexity index is 159. The van der Waals surface area contributed by atoms with Crippen LogP contribution in [0.1, 0.15) is 6.42 Å². The summed E-state index contributed by atoms with van der Waals surface area (Å²) < 4.78 is 14.8. The average molecular weight is 251 g/mol. The Kier molecular flexibility index (Phi) is 12.1. The summed E-state index contributed by atoms with van der Waals surface area (Å²) in [7, 11) is 3.16. The molecule has 0 aromatic rings. The molecular formula is C11H25NO5. The van der Waals surface area contributed by atoms with Gasteiger partial charge < -0.3 is 29.7 Å². The maximum absolute atomic E-state index is 9.50. The van der Waals surface area contributed by atoms with Gasteiger partial charge in [-0.25, -0.2) is 0 Å². The van der Waals surface area contributed by atoms with Gasteiger partial charge in [-0.3, -0.25) is 0 Å². The number of hydrogen-bond donors (Lipinski definition) is 3. The van der Waals surface area contributed by atoms with E-state index in [-0.39, 0.29) is 6.61 Å². The molecule has 0 aliphatic rings. The van der Waals surface area contributed by atoms with E-state index in [0.29, 0.717) is 39.3 Å². The molecule has 0 heterocycles. The second-order valence-electron chi connectivity index (χ2n) is 3.82. The molecular weight excluding hydrogens is 226 g/mol. The van der Waals surface area contributed by atoms with Gasteiger partial charge in [0.1, 0.15) is 0 Å². The van der Waals surface area contributed by atoms with Gasteiger partial charge in [-0.2, -0.15) is 0 Å². The first-order valence-corrected chi connectivity index (χ1v) is 5.83. The van der Waals surface area contributed by atoms with E-state index in [1.165, 1.54) is 0 Å². The van der Waals surface area contributed by atoms with E-state index in [2.05, 4.69) is 5.32 Å². The topological polar surface area (TPSA) is 80.2 Å². The molecule has 0 aromatic carbocycles. The summed E-state index contributed by atoms with van der Waals surface area (Å²) in [5.41, 5.74) is 0. The summed E-state index contributed by atoms with van der Waals surface area (Å²) in [6.07, 6.45) is -0.389. The molecule has 6 heteroatoms. The molecule has 0 amide bonds. The maximum Gasteiger partial charge on any atom is 0.0897 e. The third kappa shape index (κ3) is 12.0. The van der Waals surface area contributed by atoms with E-state index >= 15 is 0 Å². The van der Waals surface area contributed by atoms with Gasteiger partial charge in [-0.15, -0.1) is 0 Å². The molecule has 17 heavy (non-hydrogen) atoms. The van der Waals surface area contributed by atoms with Gasteiger partial charge in [0.15, 0.2) is 0 Å². The first kappa shape index (κ1) is 16.8. The lowest BCUT2D eigenvalue weighted by Gasteiger charge is -2.13. The number of rotatable bonds is 12. The smallest absolute Gasteiger partial charge is 0.0897 e. The molecule has 6 nitrogen and oxygen atoms in total. The van der Waals surface area contributed by atoms with Crippen LogP contribution in [0.15, 0.2) is 0 Å². The third-order valence-electron chi connectivity index (χ3n) is 2.14. The number of hydrogen-bond acceptors (Lipinski definition) is 6. The lowest BCUT2D eigenvalue weighted by Crippen LogP contribution is -2.33. The highest BCUT2D eigenvalue weighted by atomic mass is 16.5. The molecule has 3 N–H and O–H groups in total. The molecule has 0 radical (unpaired) electrons. The molecule has 0 spiro atoms. The van der Waals surface area contributed by atoms with Crippen molar-refractivity contribution in [2.45, 2.75) is 18.6 Å². The summed E-state index contributed by atoms with van der Waals surface area (Å²) in [5.74, 6) is 0. The zero-order valence-corrected chi connectivity index (χ0v) is 10.7. The number of methoxy groups -OCH3 is 2. The Labute approximate surface area is 103 Å². The van der Waals surface area contributed by atoms with Gasteiger partial charge in [0.05, 0.1) is 38.6 Å². The van der Waals surface area contributed by atoms with Gasteiger partial charge in [0.25, 0.3) is 0 Å². The molecule has 0 bridgehead atoms. The lowest BCUT2D eigenvalue weighted by molar-refractivity contribution is 0.0131. The van der Waals surface area contributed by atoms with Crippen LogP contribution in [0.2, 0.25) is 0 Å². The van der Waals surface area contributed by atoms with Crippen molar-refractivity contribution >= 4 is 0 Å². The van der Waals surface area contributed by atoms with Crippen LogP contribution < -0.4 is 5.32 Å². The first-order valence-electron chi connectivity index (χ1n) is 5.83. The first-order chi connectivity index (χ1) is 8.20. The van der Waals surface area contributed by atoms with Crippen molar-refractivity contribution in [3.63, 3.8) is 0 Å². The van der Waals surface area contributed by atoms with Crippen molar-refractivity contribution in [1.82, 2.24) is 5.32 Å². The van der Waals surface area contributed by atoms with Crippen molar-refractivity contribution in [2.24, 2.45) is 0 Å². The number of aliphatic hydroxyl groups is 2. The van der Waals surface area contributed by atoms with Gasteiger partial charge in [0.2, 0.25) is 0 Å². The van der Waals surface area contributed by atoms with E-state index in [1.807, 2.05) is 0 Å². The Morgan fingerprint density at radius 1 is 1.00 bits per heavy atom. The van der Waals surface area contributed by atoms with Crippen LogP contribution in [-0.2, 0) is 14.2 Å². The minimum Gasteiger partial charge on any atom is -0.391 e. The molecule has 104 valence electrons. The van der Waals surface area contributed by atoms with Crippen LogP contribution in [-0.4, -0.2) is 76.2 Å². The van der Waals surface area contributed by atoms with Crippen molar-refractivity contribution in [3.8, 4) is 0 Å². The van der Waals surface area contributed by atoms with Crippen LogP contribution in [0.3, 0.4) is 0 Å². The third-order valence-corrected chi connectivity index (χ3v) is 2.14. The van der Waals surface area contributed by atoms with Gasteiger partial charge in [0, 0.05) is 20.8 Å². The van der Waals surface area contributed by atoms with E-state index in [9.17, 15) is 10.2 Å². The second-order valence-corrected chi connectivity index (χ2v) is 3.82. The van der Waals surface area contributed by atoms with Crippen molar-refractivity contribution < 1.29 is 24.4 Å². The molecule has 0 aliphatic heterocycles. The fraction of sp³-hybridized carbons (Fsp3) is 1.00. The zero-order chi connectivity index (χ0) is 12.9.